The number of ether oxygens (including phenoxy) is 1. The number of hydrogen-bond acceptors (Lipinski definition) is 6. The van der Waals surface area contributed by atoms with Gasteiger partial charge in [-0.05, 0) is 45.7 Å². The molecule has 2 aliphatic rings. The molecule has 0 spiro atoms. The van der Waals surface area contributed by atoms with Gasteiger partial charge in [0.1, 0.15) is 5.75 Å². The van der Waals surface area contributed by atoms with Crippen molar-refractivity contribution in [3.63, 3.8) is 0 Å². The topological polar surface area (TPSA) is 70.8 Å². The van der Waals surface area contributed by atoms with Crippen LogP contribution in [0, 0.1) is 0 Å². The van der Waals surface area contributed by atoms with Crippen LogP contribution in [-0.4, -0.2) is 65.1 Å². The summed E-state index contributed by atoms with van der Waals surface area (Å²) < 4.78 is 11.3. The lowest BCUT2D eigenvalue weighted by atomic mass is 10.1. The summed E-state index contributed by atoms with van der Waals surface area (Å²) in [6.45, 7) is 9.12. The average Bonchev–Trinajstić information content (AvgIpc) is 3.10. The van der Waals surface area contributed by atoms with Crippen molar-refractivity contribution in [3.05, 3.63) is 24.1 Å². The van der Waals surface area contributed by atoms with Crippen LogP contribution in [0.3, 0.4) is 0 Å². The number of methoxy groups -OCH3 is 1. The number of nitrogens with one attached hydrogen (secondary N) is 1. The largest absolute Gasteiger partial charge is 0.494 e. The fraction of sp³-hybridized carbons (Fsp3) is 0.619. The summed E-state index contributed by atoms with van der Waals surface area (Å²) in [5.74, 6) is 1.57. The standard InChI is InChI=1S/C21H30N4O3/c1-21(2,3)23-18(26)12-25-14-8-9-15(25)11-24(10-14)13-19-22-20-16(27-4)6-5-7-17(20)28-19/h5-7,14-15H,8-13H2,1-4H3,(H,23,26). The monoisotopic (exact) mass is 386 g/mol. The molecular formula is C21H30N4O3. The molecule has 2 aliphatic heterocycles. The molecule has 0 saturated carbocycles. The van der Waals surface area contributed by atoms with Gasteiger partial charge in [-0.15, -0.1) is 0 Å². The molecule has 2 saturated heterocycles. The maximum absolute atomic E-state index is 12.4. The molecule has 0 aliphatic carbocycles. The highest BCUT2D eigenvalue weighted by atomic mass is 16.5. The summed E-state index contributed by atoms with van der Waals surface area (Å²) in [5, 5.41) is 3.08. The second-order valence-electron chi connectivity index (χ2n) is 8.96. The molecule has 1 aromatic heterocycles. The number of rotatable bonds is 5. The van der Waals surface area contributed by atoms with E-state index in [-0.39, 0.29) is 11.4 Å². The van der Waals surface area contributed by atoms with Crippen molar-refractivity contribution >= 4 is 17.0 Å². The van der Waals surface area contributed by atoms with E-state index in [4.69, 9.17) is 9.15 Å². The Hall–Kier alpha value is -2.12. The van der Waals surface area contributed by atoms with Gasteiger partial charge in [-0.1, -0.05) is 6.07 Å². The molecule has 0 radical (unpaired) electrons. The smallest absolute Gasteiger partial charge is 0.234 e. The third-order valence-electron chi connectivity index (χ3n) is 5.55. The maximum Gasteiger partial charge on any atom is 0.234 e. The van der Waals surface area contributed by atoms with E-state index in [1.54, 1.807) is 7.11 Å². The molecule has 2 bridgehead atoms. The molecule has 2 fully saturated rings. The second kappa shape index (κ2) is 7.37. The Morgan fingerprint density at radius 3 is 2.64 bits per heavy atom. The minimum Gasteiger partial charge on any atom is -0.494 e. The average molecular weight is 386 g/mol. The highest BCUT2D eigenvalue weighted by Crippen LogP contribution is 2.31. The van der Waals surface area contributed by atoms with E-state index in [2.05, 4.69) is 20.1 Å². The van der Waals surface area contributed by atoms with E-state index in [0.29, 0.717) is 25.2 Å². The van der Waals surface area contributed by atoms with Crippen LogP contribution in [0.15, 0.2) is 22.6 Å². The van der Waals surface area contributed by atoms with Gasteiger partial charge in [0.05, 0.1) is 20.2 Å². The number of carbonyl (C=O) groups excluding carboxylic acids is 1. The van der Waals surface area contributed by atoms with Crippen LogP contribution in [0.2, 0.25) is 0 Å². The minimum absolute atomic E-state index is 0.115. The van der Waals surface area contributed by atoms with Gasteiger partial charge >= 0.3 is 0 Å². The number of oxazole rings is 1. The summed E-state index contributed by atoms with van der Waals surface area (Å²) in [4.78, 5) is 21.8. The number of benzene rings is 1. The number of piperazine rings is 1. The number of para-hydroxylation sites is 1. The van der Waals surface area contributed by atoms with Gasteiger partial charge in [0.15, 0.2) is 11.1 Å². The Labute approximate surface area is 166 Å². The molecule has 152 valence electrons. The van der Waals surface area contributed by atoms with Crippen molar-refractivity contribution in [2.45, 2.75) is 57.8 Å². The van der Waals surface area contributed by atoms with Gasteiger partial charge in [-0.25, -0.2) is 4.98 Å². The third-order valence-corrected chi connectivity index (χ3v) is 5.55. The first-order valence-electron chi connectivity index (χ1n) is 10.0. The number of amides is 1. The van der Waals surface area contributed by atoms with Crippen molar-refractivity contribution in [3.8, 4) is 5.75 Å². The predicted octanol–water partition coefficient (Wildman–Crippen LogP) is 2.40. The molecule has 7 heteroatoms. The fourth-order valence-corrected chi connectivity index (χ4v) is 4.48. The highest BCUT2D eigenvalue weighted by molar-refractivity contribution is 5.79. The zero-order valence-electron chi connectivity index (χ0n) is 17.2. The molecule has 4 rings (SSSR count). The van der Waals surface area contributed by atoms with E-state index < -0.39 is 0 Å². The lowest BCUT2D eigenvalue weighted by molar-refractivity contribution is -0.125. The summed E-state index contributed by atoms with van der Waals surface area (Å²) in [5.41, 5.74) is 1.35. The first-order valence-corrected chi connectivity index (χ1v) is 10.0. The summed E-state index contributed by atoms with van der Waals surface area (Å²) in [6.07, 6.45) is 2.29. The molecule has 1 aromatic carbocycles. The molecule has 1 amide bonds. The summed E-state index contributed by atoms with van der Waals surface area (Å²) in [7, 11) is 1.65. The van der Waals surface area contributed by atoms with E-state index in [1.165, 1.54) is 0 Å². The quantitative estimate of drug-likeness (QED) is 0.851. The molecule has 2 atom stereocenters. The van der Waals surface area contributed by atoms with Crippen LogP contribution >= 0.6 is 0 Å². The molecule has 28 heavy (non-hydrogen) atoms. The molecule has 2 unspecified atom stereocenters. The lowest BCUT2D eigenvalue weighted by Gasteiger charge is -2.40. The van der Waals surface area contributed by atoms with E-state index in [9.17, 15) is 4.79 Å². The third kappa shape index (κ3) is 4.00. The highest BCUT2D eigenvalue weighted by Gasteiger charge is 2.41. The zero-order valence-corrected chi connectivity index (χ0v) is 17.2. The van der Waals surface area contributed by atoms with Crippen LogP contribution in [0.4, 0.5) is 0 Å². The van der Waals surface area contributed by atoms with Crippen molar-refractivity contribution in [2.24, 2.45) is 0 Å². The van der Waals surface area contributed by atoms with Gasteiger partial charge in [-0.2, -0.15) is 0 Å². The van der Waals surface area contributed by atoms with E-state index in [0.717, 1.165) is 48.7 Å². The van der Waals surface area contributed by atoms with Crippen molar-refractivity contribution < 1.29 is 13.9 Å². The Morgan fingerprint density at radius 1 is 1.29 bits per heavy atom. The molecular weight excluding hydrogens is 356 g/mol. The van der Waals surface area contributed by atoms with E-state index >= 15 is 0 Å². The second-order valence-corrected chi connectivity index (χ2v) is 8.96. The van der Waals surface area contributed by atoms with Crippen molar-refractivity contribution in [1.82, 2.24) is 20.1 Å². The van der Waals surface area contributed by atoms with Crippen LogP contribution in [0.5, 0.6) is 5.75 Å². The van der Waals surface area contributed by atoms with Gasteiger partial charge in [0.25, 0.3) is 0 Å². The maximum atomic E-state index is 12.4. The number of nitrogens with zero attached hydrogens (tertiary/aromatic N) is 3. The number of fused-ring (bicyclic) bond motifs is 3. The van der Waals surface area contributed by atoms with Crippen LogP contribution in [0.1, 0.15) is 39.5 Å². The fourth-order valence-electron chi connectivity index (χ4n) is 4.48. The first kappa shape index (κ1) is 19.2. The lowest BCUT2D eigenvalue weighted by Crippen LogP contribution is -2.56. The number of carbonyl (C=O) groups is 1. The number of aromatic nitrogens is 1. The Kier molecular flexibility index (Phi) is 5.05. The van der Waals surface area contributed by atoms with Crippen molar-refractivity contribution in [1.29, 1.82) is 0 Å². The first-order chi connectivity index (χ1) is 13.3. The van der Waals surface area contributed by atoms with Crippen LogP contribution in [0.25, 0.3) is 11.1 Å². The molecule has 7 nitrogen and oxygen atoms in total. The van der Waals surface area contributed by atoms with E-state index in [1.807, 2.05) is 39.0 Å². The zero-order chi connectivity index (χ0) is 19.9. The van der Waals surface area contributed by atoms with Crippen molar-refractivity contribution in [2.75, 3.05) is 26.7 Å². The predicted molar refractivity (Wildman–Crippen MR) is 107 cm³/mol. The Bertz CT molecular complexity index is 843. The SMILES string of the molecule is COc1cccc2oc(CN3CC4CCC(C3)N4CC(=O)NC(C)(C)C)nc12. The van der Waals surface area contributed by atoms with Gasteiger partial charge < -0.3 is 14.5 Å². The number of likely N-dealkylation sites (tertiary alicyclic amines) is 1. The Balaban J connectivity index is 1.40. The normalized spacial score (nSPS) is 23.3. The van der Waals surface area contributed by atoms with Gasteiger partial charge in [0, 0.05) is 30.7 Å². The van der Waals surface area contributed by atoms with Gasteiger partial charge in [0.2, 0.25) is 11.8 Å². The molecule has 3 heterocycles. The van der Waals surface area contributed by atoms with Crippen LogP contribution < -0.4 is 10.1 Å². The summed E-state index contributed by atoms with van der Waals surface area (Å²) >= 11 is 0. The van der Waals surface area contributed by atoms with Crippen LogP contribution in [-0.2, 0) is 11.3 Å². The van der Waals surface area contributed by atoms with Gasteiger partial charge in [-0.3, -0.25) is 14.6 Å². The number of hydrogen-bond donors (Lipinski definition) is 1. The molecule has 1 N–H and O–H groups in total. The summed E-state index contributed by atoms with van der Waals surface area (Å²) in [6, 6.07) is 6.57. The molecule has 2 aromatic rings. The Morgan fingerprint density at radius 2 is 2.00 bits per heavy atom. The minimum atomic E-state index is -0.189.